The van der Waals surface area contributed by atoms with Crippen LogP contribution >= 0.6 is 0 Å². The van der Waals surface area contributed by atoms with Gasteiger partial charge in [-0.05, 0) is 30.9 Å². The van der Waals surface area contributed by atoms with Gasteiger partial charge in [-0.25, -0.2) is 0 Å². The number of fused-ring (bicyclic) bond motifs is 1. The number of carboxylic acids is 1. The Hall–Kier alpha value is -2.30. The van der Waals surface area contributed by atoms with Crippen molar-refractivity contribution in [3.05, 3.63) is 36.0 Å². The summed E-state index contributed by atoms with van der Waals surface area (Å²) in [6.45, 7) is 0.429. The summed E-state index contributed by atoms with van der Waals surface area (Å²) in [5, 5.41) is 12.4. The summed E-state index contributed by atoms with van der Waals surface area (Å²) in [5.41, 5.74) is 2.34. The summed E-state index contributed by atoms with van der Waals surface area (Å²) in [7, 11) is 0. The molecule has 1 heterocycles. The number of nitrogens with one attached hydrogen (secondary N) is 2. The van der Waals surface area contributed by atoms with Crippen LogP contribution in [0.25, 0.3) is 10.9 Å². The van der Waals surface area contributed by atoms with Gasteiger partial charge < -0.3 is 15.4 Å². The lowest BCUT2D eigenvalue weighted by Gasteiger charge is -2.04. The third-order valence-electron chi connectivity index (χ3n) is 3.41. The van der Waals surface area contributed by atoms with E-state index < -0.39 is 5.97 Å². The number of aryl methyl sites for hydroxylation is 1. The molecular formula is C16H20N2O3. The van der Waals surface area contributed by atoms with Gasteiger partial charge in [-0.3, -0.25) is 9.59 Å². The lowest BCUT2D eigenvalue weighted by molar-refractivity contribution is -0.137. The molecule has 112 valence electrons. The molecule has 21 heavy (non-hydrogen) atoms. The zero-order valence-corrected chi connectivity index (χ0v) is 11.9. The van der Waals surface area contributed by atoms with Gasteiger partial charge in [0.25, 0.3) is 0 Å². The van der Waals surface area contributed by atoms with Crippen LogP contribution < -0.4 is 5.32 Å². The second kappa shape index (κ2) is 7.47. The molecule has 0 fully saturated rings. The molecule has 1 aromatic carbocycles. The molecule has 5 heteroatoms. The van der Waals surface area contributed by atoms with Gasteiger partial charge >= 0.3 is 5.97 Å². The molecule has 2 rings (SSSR count). The third-order valence-corrected chi connectivity index (χ3v) is 3.41. The molecule has 0 spiro atoms. The van der Waals surface area contributed by atoms with Crippen LogP contribution in [0.3, 0.4) is 0 Å². The quantitative estimate of drug-likeness (QED) is 0.653. The molecule has 2 aromatic rings. The number of carbonyl (C=O) groups excluding carboxylic acids is 1. The fourth-order valence-corrected chi connectivity index (χ4v) is 2.33. The van der Waals surface area contributed by atoms with Gasteiger partial charge in [0, 0.05) is 36.5 Å². The van der Waals surface area contributed by atoms with Crippen molar-refractivity contribution in [2.45, 2.75) is 32.1 Å². The van der Waals surface area contributed by atoms with Gasteiger partial charge in [0.2, 0.25) is 5.91 Å². The highest BCUT2D eigenvalue weighted by Crippen LogP contribution is 2.19. The van der Waals surface area contributed by atoms with E-state index in [9.17, 15) is 9.59 Å². The summed E-state index contributed by atoms with van der Waals surface area (Å²) >= 11 is 0. The van der Waals surface area contributed by atoms with Gasteiger partial charge in [-0.2, -0.15) is 0 Å². The SMILES string of the molecule is O=C(O)CCCNC(=O)CCCc1c[nH]c2ccccc12. The van der Waals surface area contributed by atoms with Gasteiger partial charge in [0.1, 0.15) is 0 Å². The Balaban J connectivity index is 1.69. The number of para-hydroxylation sites is 1. The Morgan fingerprint density at radius 1 is 1.14 bits per heavy atom. The highest BCUT2D eigenvalue weighted by molar-refractivity contribution is 5.83. The molecule has 1 aromatic heterocycles. The summed E-state index contributed by atoms with van der Waals surface area (Å²) in [4.78, 5) is 25.2. The molecule has 0 saturated carbocycles. The predicted molar refractivity (Wildman–Crippen MR) is 81.1 cm³/mol. The molecule has 0 aliphatic rings. The van der Waals surface area contributed by atoms with Crippen molar-refractivity contribution in [2.24, 2.45) is 0 Å². The van der Waals surface area contributed by atoms with E-state index in [4.69, 9.17) is 5.11 Å². The summed E-state index contributed by atoms with van der Waals surface area (Å²) in [6, 6.07) is 8.11. The molecule has 0 unspecified atom stereocenters. The highest BCUT2D eigenvalue weighted by Gasteiger charge is 2.05. The van der Waals surface area contributed by atoms with Crippen LogP contribution in [0.15, 0.2) is 30.5 Å². The number of rotatable bonds is 8. The highest BCUT2D eigenvalue weighted by atomic mass is 16.4. The molecule has 0 atom stereocenters. The van der Waals surface area contributed by atoms with Crippen molar-refractivity contribution in [1.82, 2.24) is 10.3 Å². The number of amides is 1. The number of carbonyl (C=O) groups is 2. The first-order valence-corrected chi connectivity index (χ1v) is 7.20. The number of H-pyrrole nitrogens is 1. The van der Waals surface area contributed by atoms with Crippen molar-refractivity contribution in [3.63, 3.8) is 0 Å². The van der Waals surface area contributed by atoms with E-state index in [-0.39, 0.29) is 12.3 Å². The van der Waals surface area contributed by atoms with Crippen LogP contribution in [0.4, 0.5) is 0 Å². The average molecular weight is 288 g/mol. The van der Waals surface area contributed by atoms with Gasteiger partial charge in [-0.1, -0.05) is 18.2 Å². The number of hydrogen-bond acceptors (Lipinski definition) is 2. The number of aromatic nitrogens is 1. The molecule has 0 saturated heterocycles. The molecule has 3 N–H and O–H groups in total. The van der Waals surface area contributed by atoms with Crippen LogP contribution in [-0.4, -0.2) is 28.5 Å². The Labute approximate surface area is 123 Å². The lowest BCUT2D eigenvalue weighted by Crippen LogP contribution is -2.24. The minimum Gasteiger partial charge on any atom is -0.481 e. The molecule has 1 amide bonds. The molecule has 0 aliphatic carbocycles. The Morgan fingerprint density at radius 3 is 2.76 bits per heavy atom. The number of benzene rings is 1. The second-order valence-corrected chi connectivity index (χ2v) is 5.06. The Bertz CT molecular complexity index is 619. The summed E-state index contributed by atoms with van der Waals surface area (Å²) in [6.07, 6.45) is 4.67. The fourth-order valence-electron chi connectivity index (χ4n) is 2.33. The second-order valence-electron chi connectivity index (χ2n) is 5.06. The average Bonchev–Trinajstić information content (AvgIpc) is 2.87. The largest absolute Gasteiger partial charge is 0.481 e. The van der Waals surface area contributed by atoms with Gasteiger partial charge in [-0.15, -0.1) is 0 Å². The minimum atomic E-state index is -0.830. The van der Waals surface area contributed by atoms with Crippen LogP contribution in [0.1, 0.15) is 31.2 Å². The van der Waals surface area contributed by atoms with E-state index in [2.05, 4.69) is 16.4 Å². The Morgan fingerprint density at radius 2 is 1.95 bits per heavy atom. The lowest BCUT2D eigenvalue weighted by atomic mass is 10.1. The number of hydrogen-bond donors (Lipinski definition) is 3. The standard InChI is InChI=1S/C16H20N2O3/c19-15(17-10-4-9-16(20)21)8-3-5-12-11-18-14-7-2-1-6-13(12)14/h1-2,6-7,11,18H,3-5,8-10H2,(H,17,19)(H,20,21). The van der Waals surface area contributed by atoms with Crippen molar-refractivity contribution in [3.8, 4) is 0 Å². The first-order valence-electron chi connectivity index (χ1n) is 7.20. The minimum absolute atomic E-state index is 0.0137. The molecule has 5 nitrogen and oxygen atoms in total. The smallest absolute Gasteiger partial charge is 0.303 e. The van der Waals surface area contributed by atoms with Gasteiger partial charge in [0.15, 0.2) is 0 Å². The molecular weight excluding hydrogens is 268 g/mol. The van der Waals surface area contributed by atoms with Crippen molar-refractivity contribution >= 4 is 22.8 Å². The van der Waals surface area contributed by atoms with Crippen molar-refractivity contribution in [2.75, 3.05) is 6.54 Å². The number of aliphatic carboxylic acids is 1. The third kappa shape index (κ3) is 4.63. The van der Waals surface area contributed by atoms with Crippen LogP contribution in [0.5, 0.6) is 0 Å². The first-order chi connectivity index (χ1) is 10.2. The van der Waals surface area contributed by atoms with Crippen LogP contribution in [0, 0.1) is 0 Å². The van der Waals surface area contributed by atoms with Crippen molar-refractivity contribution < 1.29 is 14.7 Å². The van der Waals surface area contributed by atoms with Crippen LogP contribution in [-0.2, 0) is 16.0 Å². The first kappa shape index (κ1) is 15.1. The van der Waals surface area contributed by atoms with E-state index in [1.807, 2.05) is 24.4 Å². The normalized spacial score (nSPS) is 10.7. The summed E-state index contributed by atoms with van der Waals surface area (Å²) < 4.78 is 0. The Kier molecular flexibility index (Phi) is 5.37. The predicted octanol–water partition coefficient (Wildman–Crippen LogP) is 2.47. The summed E-state index contributed by atoms with van der Waals surface area (Å²) in [5.74, 6) is -0.844. The van der Waals surface area contributed by atoms with E-state index in [1.165, 1.54) is 10.9 Å². The molecule has 0 bridgehead atoms. The monoisotopic (exact) mass is 288 g/mol. The topological polar surface area (TPSA) is 82.2 Å². The van der Waals surface area contributed by atoms with Gasteiger partial charge in [0.05, 0.1) is 0 Å². The maximum absolute atomic E-state index is 11.6. The maximum atomic E-state index is 11.6. The maximum Gasteiger partial charge on any atom is 0.303 e. The molecule has 0 aliphatic heterocycles. The zero-order chi connectivity index (χ0) is 15.1. The molecule has 0 radical (unpaired) electrons. The van der Waals surface area contributed by atoms with E-state index in [1.54, 1.807) is 0 Å². The fraction of sp³-hybridized carbons (Fsp3) is 0.375. The van der Waals surface area contributed by atoms with E-state index >= 15 is 0 Å². The van der Waals surface area contributed by atoms with Crippen molar-refractivity contribution in [1.29, 1.82) is 0 Å². The number of aromatic amines is 1. The van der Waals surface area contributed by atoms with E-state index in [0.29, 0.717) is 19.4 Å². The van der Waals surface area contributed by atoms with E-state index in [0.717, 1.165) is 18.4 Å². The zero-order valence-electron chi connectivity index (χ0n) is 11.9. The number of carboxylic acid groups (broad SMARTS) is 1. The van der Waals surface area contributed by atoms with Crippen LogP contribution in [0.2, 0.25) is 0 Å².